The molecule has 144 valence electrons. The predicted molar refractivity (Wildman–Crippen MR) is 110 cm³/mol. The second-order valence-electron chi connectivity index (χ2n) is 7.18. The number of nitrogens with zero attached hydrogens (tertiary/aromatic N) is 1. The summed E-state index contributed by atoms with van der Waals surface area (Å²) < 4.78 is 25.7. The maximum absolute atomic E-state index is 12.2. The Morgan fingerprint density at radius 2 is 1.74 bits per heavy atom. The average Bonchev–Trinajstić information content (AvgIpc) is 2.55. The molecule has 1 aliphatic rings. The molecule has 0 fully saturated rings. The van der Waals surface area contributed by atoms with Gasteiger partial charge in [-0.2, -0.15) is 0 Å². The Hall–Kier alpha value is -2.54. The number of fused-ring (bicyclic) bond motifs is 1. The molecule has 3 rings (SSSR count). The second kappa shape index (κ2) is 7.23. The van der Waals surface area contributed by atoms with E-state index >= 15 is 0 Å². The smallest absolute Gasteiger partial charge is 0.229 e. The van der Waals surface area contributed by atoms with E-state index in [0.717, 1.165) is 29.6 Å². The maximum atomic E-state index is 12.2. The van der Waals surface area contributed by atoms with Gasteiger partial charge in [0.15, 0.2) is 0 Å². The lowest BCUT2D eigenvalue weighted by Gasteiger charge is -2.39. The van der Waals surface area contributed by atoms with Gasteiger partial charge in [-0.25, -0.2) is 8.42 Å². The topological polar surface area (TPSA) is 78.5 Å². The highest BCUT2D eigenvalue weighted by molar-refractivity contribution is 7.92. The molecule has 2 N–H and O–H groups in total. The molecule has 1 amide bonds. The van der Waals surface area contributed by atoms with Crippen molar-refractivity contribution in [3.05, 3.63) is 53.6 Å². The molecule has 0 bridgehead atoms. The fraction of sp³-hybridized carbons (Fsp3) is 0.350. The van der Waals surface area contributed by atoms with Gasteiger partial charge in [-0.3, -0.25) is 9.52 Å². The molecule has 27 heavy (non-hydrogen) atoms. The molecule has 0 aliphatic carbocycles. The summed E-state index contributed by atoms with van der Waals surface area (Å²) in [5, 5.41) is 3.53. The molecular formula is C20H25N3O3S. The molecule has 0 radical (unpaired) electrons. The summed E-state index contributed by atoms with van der Waals surface area (Å²) in [6.07, 6.45) is 1.85. The minimum Gasteiger partial charge on any atom is -0.378 e. The van der Waals surface area contributed by atoms with E-state index in [0.29, 0.717) is 5.69 Å². The lowest BCUT2D eigenvalue weighted by Crippen LogP contribution is -2.43. The van der Waals surface area contributed by atoms with E-state index in [4.69, 9.17) is 0 Å². The number of rotatable bonds is 4. The van der Waals surface area contributed by atoms with Crippen LogP contribution in [0.5, 0.6) is 0 Å². The number of amides is 1. The molecule has 0 aromatic heterocycles. The van der Waals surface area contributed by atoms with Crippen molar-refractivity contribution in [3.8, 4) is 0 Å². The standard InChI is InChI=1S/C20H25N3O3S/c1-13-5-7-16(8-6-13)21-19-11-14(2)23(15(3)24)20-10-9-17(12-18(19)20)22-27(4,25)26/h5-10,12,14,19,21-22H,11H2,1-4H3. The fourth-order valence-corrected chi connectivity index (χ4v) is 4.16. The molecule has 6 nitrogen and oxygen atoms in total. The van der Waals surface area contributed by atoms with Crippen molar-refractivity contribution in [2.24, 2.45) is 0 Å². The molecule has 1 heterocycles. The van der Waals surface area contributed by atoms with Crippen LogP contribution in [0.2, 0.25) is 0 Å². The van der Waals surface area contributed by atoms with Gasteiger partial charge in [-0.05, 0) is 50.6 Å². The Bertz CT molecular complexity index is 955. The molecule has 2 aromatic carbocycles. The van der Waals surface area contributed by atoms with Crippen molar-refractivity contribution in [3.63, 3.8) is 0 Å². The van der Waals surface area contributed by atoms with E-state index in [1.807, 2.05) is 50.2 Å². The summed E-state index contributed by atoms with van der Waals surface area (Å²) in [7, 11) is -3.38. The molecule has 0 saturated carbocycles. The van der Waals surface area contributed by atoms with E-state index in [2.05, 4.69) is 10.0 Å². The fourth-order valence-electron chi connectivity index (χ4n) is 3.61. The Morgan fingerprint density at radius 1 is 1.11 bits per heavy atom. The van der Waals surface area contributed by atoms with Gasteiger partial charge in [-0.15, -0.1) is 0 Å². The van der Waals surface area contributed by atoms with Crippen molar-refractivity contribution in [2.75, 3.05) is 21.2 Å². The van der Waals surface area contributed by atoms with Crippen molar-refractivity contribution in [1.82, 2.24) is 0 Å². The molecular weight excluding hydrogens is 362 g/mol. The normalized spacial score (nSPS) is 19.3. The minimum absolute atomic E-state index is 0.0265. The summed E-state index contributed by atoms with van der Waals surface area (Å²) >= 11 is 0. The molecule has 0 spiro atoms. The zero-order valence-electron chi connectivity index (χ0n) is 16.0. The van der Waals surface area contributed by atoms with Crippen LogP contribution >= 0.6 is 0 Å². The van der Waals surface area contributed by atoms with E-state index in [-0.39, 0.29) is 18.0 Å². The Balaban J connectivity index is 2.02. The molecule has 2 unspecified atom stereocenters. The van der Waals surface area contributed by atoms with Crippen molar-refractivity contribution in [2.45, 2.75) is 39.3 Å². The Labute approximate surface area is 160 Å². The first-order chi connectivity index (χ1) is 12.6. The third kappa shape index (κ3) is 4.42. The van der Waals surface area contributed by atoms with Crippen LogP contribution < -0.4 is 14.9 Å². The van der Waals surface area contributed by atoms with E-state index in [1.165, 1.54) is 5.56 Å². The monoisotopic (exact) mass is 387 g/mol. The first kappa shape index (κ1) is 19.2. The van der Waals surface area contributed by atoms with E-state index in [9.17, 15) is 13.2 Å². The third-order valence-electron chi connectivity index (χ3n) is 4.72. The van der Waals surface area contributed by atoms with Crippen LogP contribution in [0.15, 0.2) is 42.5 Å². The van der Waals surface area contributed by atoms with Gasteiger partial charge in [0.25, 0.3) is 0 Å². The first-order valence-corrected chi connectivity index (χ1v) is 10.8. The number of carbonyl (C=O) groups excluding carboxylic acids is 1. The minimum atomic E-state index is -3.38. The molecule has 7 heteroatoms. The highest BCUT2D eigenvalue weighted by Gasteiger charge is 2.32. The molecule has 2 aromatic rings. The summed E-state index contributed by atoms with van der Waals surface area (Å²) in [5.74, 6) is -0.0265. The number of sulfonamides is 1. The Kier molecular flexibility index (Phi) is 5.15. The van der Waals surface area contributed by atoms with Gasteiger partial charge in [0.05, 0.1) is 12.3 Å². The highest BCUT2D eigenvalue weighted by Crippen LogP contribution is 2.40. The Morgan fingerprint density at radius 3 is 2.33 bits per heavy atom. The highest BCUT2D eigenvalue weighted by atomic mass is 32.2. The number of hydrogen-bond donors (Lipinski definition) is 2. The van der Waals surface area contributed by atoms with Crippen LogP contribution in [-0.2, 0) is 14.8 Å². The van der Waals surface area contributed by atoms with Crippen LogP contribution in [-0.4, -0.2) is 26.6 Å². The zero-order chi connectivity index (χ0) is 19.8. The van der Waals surface area contributed by atoms with Gasteiger partial charge >= 0.3 is 0 Å². The molecule has 1 aliphatic heterocycles. The second-order valence-corrected chi connectivity index (χ2v) is 8.93. The van der Waals surface area contributed by atoms with Gasteiger partial charge in [0.2, 0.25) is 15.9 Å². The number of hydrogen-bond acceptors (Lipinski definition) is 4. The summed E-state index contributed by atoms with van der Waals surface area (Å²) in [6, 6.07) is 13.4. The molecule has 2 atom stereocenters. The summed E-state index contributed by atoms with van der Waals surface area (Å²) in [6.45, 7) is 5.61. The van der Waals surface area contributed by atoms with Crippen LogP contribution in [0.25, 0.3) is 0 Å². The number of carbonyl (C=O) groups is 1. The average molecular weight is 388 g/mol. The summed E-state index contributed by atoms with van der Waals surface area (Å²) in [4.78, 5) is 14.0. The number of anilines is 3. The lowest BCUT2D eigenvalue weighted by atomic mass is 9.91. The first-order valence-electron chi connectivity index (χ1n) is 8.89. The van der Waals surface area contributed by atoms with Crippen molar-refractivity contribution >= 4 is 33.0 Å². The van der Waals surface area contributed by atoms with Crippen LogP contribution in [0.4, 0.5) is 17.1 Å². The van der Waals surface area contributed by atoms with Crippen molar-refractivity contribution < 1.29 is 13.2 Å². The zero-order valence-corrected chi connectivity index (χ0v) is 16.8. The number of benzene rings is 2. The van der Waals surface area contributed by atoms with Crippen molar-refractivity contribution in [1.29, 1.82) is 0 Å². The largest absolute Gasteiger partial charge is 0.378 e. The molecule has 0 saturated heterocycles. The quantitative estimate of drug-likeness (QED) is 0.839. The van der Waals surface area contributed by atoms with Crippen LogP contribution in [0.3, 0.4) is 0 Å². The third-order valence-corrected chi connectivity index (χ3v) is 5.32. The van der Waals surface area contributed by atoms with Gasteiger partial charge in [0.1, 0.15) is 0 Å². The van der Waals surface area contributed by atoms with Gasteiger partial charge in [0, 0.05) is 35.6 Å². The maximum Gasteiger partial charge on any atom is 0.229 e. The van der Waals surface area contributed by atoms with Crippen LogP contribution in [0.1, 0.15) is 37.4 Å². The van der Waals surface area contributed by atoms with Crippen LogP contribution in [0, 0.1) is 6.92 Å². The van der Waals surface area contributed by atoms with E-state index < -0.39 is 10.0 Å². The summed E-state index contributed by atoms with van der Waals surface area (Å²) in [5.41, 5.74) is 4.37. The number of aryl methyl sites for hydroxylation is 1. The van der Waals surface area contributed by atoms with E-state index in [1.54, 1.807) is 17.9 Å². The van der Waals surface area contributed by atoms with Gasteiger partial charge in [-0.1, -0.05) is 17.7 Å². The lowest BCUT2D eigenvalue weighted by molar-refractivity contribution is -0.117. The SMILES string of the molecule is CC(=O)N1c2ccc(NS(C)(=O)=O)cc2C(Nc2ccc(C)cc2)CC1C. The van der Waals surface area contributed by atoms with Gasteiger partial charge < -0.3 is 10.2 Å². The number of nitrogens with one attached hydrogen (secondary N) is 2. The predicted octanol–water partition coefficient (Wildman–Crippen LogP) is 3.66.